The highest BCUT2D eigenvalue weighted by atomic mass is 16.5. The van der Waals surface area contributed by atoms with Crippen LogP contribution in [-0.4, -0.2) is 44.9 Å². The number of methoxy groups -OCH3 is 1. The molecule has 1 saturated heterocycles. The maximum absolute atomic E-state index is 5.58. The Labute approximate surface area is 126 Å². The molecule has 114 valence electrons. The van der Waals surface area contributed by atoms with Crippen LogP contribution in [0.2, 0.25) is 0 Å². The summed E-state index contributed by atoms with van der Waals surface area (Å²) in [5, 5.41) is 2.31. The fourth-order valence-corrected chi connectivity index (χ4v) is 3.17. The summed E-state index contributed by atoms with van der Waals surface area (Å²) in [7, 11) is 1.73. The van der Waals surface area contributed by atoms with Crippen molar-refractivity contribution in [3.63, 3.8) is 0 Å². The van der Waals surface area contributed by atoms with Crippen LogP contribution in [0.25, 0.3) is 6.08 Å². The molecule has 1 atom stereocenters. The van der Waals surface area contributed by atoms with Gasteiger partial charge >= 0.3 is 0 Å². The van der Waals surface area contributed by atoms with Gasteiger partial charge in [-0.15, -0.1) is 0 Å². The molecule has 0 spiro atoms. The average molecular weight is 288 g/mol. The monoisotopic (exact) mass is 288 g/mol. The Balaban J connectivity index is 2.04. The molecule has 0 bridgehead atoms. The van der Waals surface area contributed by atoms with E-state index in [1.165, 1.54) is 16.3 Å². The number of benzene rings is 1. The Morgan fingerprint density at radius 2 is 2.14 bits per heavy atom. The Bertz CT molecular complexity index is 633. The second-order valence-corrected chi connectivity index (χ2v) is 6.02. The summed E-state index contributed by atoms with van der Waals surface area (Å²) >= 11 is 0. The van der Waals surface area contributed by atoms with Gasteiger partial charge < -0.3 is 9.47 Å². The molecule has 2 heterocycles. The van der Waals surface area contributed by atoms with E-state index in [1.54, 1.807) is 7.11 Å². The topological polar surface area (TPSA) is 34.1 Å². The Kier molecular flexibility index (Phi) is 4.27. The van der Waals surface area contributed by atoms with Crippen molar-refractivity contribution in [2.75, 3.05) is 40.0 Å². The van der Waals surface area contributed by atoms with E-state index in [-0.39, 0.29) is 0 Å². The van der Waals surface area contributed by atoms with Gasteiger partial charge in [-0.3, -0.25) is 9.89 Å². The fraction of sp³-hybridized carbons (Fsp3) is 0.588. The molecular formula is C17H24N2O2. The number of nitrogens with zero attached hydrogens (tertiary/aromatic N) is 2. The van der Waals surface area contributed by atoms with E-state index in [9.17, 15) is 0 Å². The third kappa shape index (κ3) is 2.97. The molecule has 3 rings (SSSR count). The molecule has 4 nitrogen and oxygen atoms in total. The maximum atomic E-state index is 5.58. The van der Waals surface area contributed by atoms with Gasteiger partial charge in [0.2, 0.25) is 0 Å². The first-order chi connectivity index (χ1) is 10.2. The van der Waals surface area contributed by atoms with Crippen LogP contribution in [0.1, 0.15) is 18.1 Å². The van der Waals surface area contributed by atoms with Crippen molar-refractivity contribution in [2.45, 2.75) is 20.4 Å². The van der Waals surface area contributed by atoms with Crippen LogP contribution >= 0.6 is 0 Å². The van der Waals surface area contributed by atoms with Crippen molar-refractivity contribution in [2.24, 2.45) is 10.9 Å². The van der Waals surface area contributed by atoms with Crippen molar-refractivity contribution in [3.8, 4) is 5.75 Å². The molecule has 1 fully saturated rings. The van der Waals surface area contributed by atoms with Gasteiger partial charge in [0.15, 0.2) is 0 Å². The Morgan fingerprint density at radius 3 is 2.86 bits per heavy atom. The van der Waals surface area contributed by atoms with Gasteiger partial charge in [-0.2, -0.15) is 0 Å². The molecular weight excluding hydrogens is 264 g/mol. The van der Waals surface area contributed by atoms with Crippen molar-refractivity contribution in [1.82, 2.24) is 4.90 Å². The van der Waals surface area contributed by atoms with E-state index in [1.807, 2.05) is 0 Å². The van der Waals surface area contributed by atoms with Crippen molar-refractivity contribution in [1.29, 1.82) is 0 Å². The van der Waals surface area contributed by atoms with Gasteiger partial charge in [-0.1, -0.05) is 19.1 Å². The lowest BCUT2D eigenvalue weighted by molar-refractivity contribution is 0.0340. The quantitative estimate of drug-likeness (QED) is 0.828. The molecule has 0 unspecified atom stereocenters. The summed E-state index contributed by atoms with van der Waals surface area (Å²) in [5.74, 6) is 1.42. The third-order valence-corrected chi connectivity index (χ3v) is 4.26. The number of rotatable bonds is 3. The molecule has 1 aromatic rings. The van der Waals surface area contributed by atoms with Crippen molar-refractivity contribution in [3.05, 3.63) is 27.8 Å². The number of hydrogen-bond donors (Lipinski definition) is 0. The number of hydrogen-bond acceptors (Lipinski definition) is 4. The number of aryl methyl sites for hydroxylation is 1. The van der Waals surface area contributed by atoms with Crippen LogP contribution < -0.4 is 15.3 Å². The van der Waals surface area contributed by atoms with Crippen LogP contribution in [0.15, 0.2) is 11.1 Å². The lowest BCUT2D eigenvalue weighted by Crippen LogP contribution is -2.41. The van der Waals surface area contributed by atoms with E-state index < -0.39 is 0 Å². The van der Waals surface area contributed by atoms with Crippen molar-refractivity contribution < 1.29 is 9.47 Å². The summed E-state index contributed by atoms with van der Waals surface area (Å²) in [4.78, 5) is 7.22. The largest absolute Gasteiger partial charge is 0.494 e. The number of fused-ring (bicyclic) bond motifs is 1. The van der Waals surface area contributed by atoms with Gasteiger partial charge in [0.1, 0.15) is 11.1 Å². The first kappa shape index (κ1) is 14.5. The van der Waals surface area contributed by atoms with E-state index in [2.05, 4.69) is 30.9 Å². The molecule has 0 radical (unpaired) electrons. The maximum Gasteiger partial charge on any atom is 0.147 e. The molecule has 2 aliphatic heterocycles. The standard InChI is InChI=1S/C17H24N2O2/c1-12-8-15-14(11-19-4-6-21-7-5-19)9-13(2)17(20-3)16(15)18-10-12/h8-9,12H,4-7,10-11H2,1-3H3/t12-/m0/s1. The summed E-state index contributed by atoms with van der Waals surface area (Å²) in [6, 6.07) is 2.26. The van der Waals surface area contributed by atoms with Crippen LogP contribution in [0.4, 0.5) is 0 Å². The second kappa shape index (κ2) is 6.16. The summed E-state index contributed by atoms with van der Waals surface area (Å²) < 4.78 is 11.0. The summed E-state index contributed by atoms with van der Waals surface area (Å²) in [6.45, 7) is 9.83. The lowest BCUT2D eigenvalue weighted by Gasteiger charge is -2.27. The highest BCUT2D eigenvalue weighted by Gasteiger charge is 2.16. The molecule has 0 aromatic heterocycles. The van der Waals surface area contributed by atoms with E-state index in [0.717, 1.165) is 50.5 Å². The minimum atomic E-state index is 0.494. The molecule has 0 aliphatic carbocycles. The first-order valence-electron chi connectivity index (χ1n) is 7.72. The molecule has 21 heavy (non-hydrogen) atoms. The second-order valence-electron chi connectivity index (χ2n) is 6.02. The van der Waals surface area contributed by atoms with Crippen LogP contribution in [0.5, 0.6) is 5.75 Å². The Hall–Kier alpha value is -1.39. The average Bonchev–Trinajstić information content (AvgIpc) is 2.49. The molecule has 0 saturated carbocycles. The first-order valence-corrected chi connectivity index (χ1v) is 7.72. The molecule has 0 amide bonds. The van der Waals surface area contributed by atoms with E-state index in [0.29, 0.717) is 5.92 Å². The van der Waals surface area contributed by atoms with Gasteiger partial charge in [-0.05, 0) is 24.0 Å². The van der Waals surface area contributed by atoms with Gasteiger partial charge in [-0.25, -0.2) is 0 Å². The number of ether oxygens (including phenoxy) is 2. The van der Waals surface area contributed by atoms with Crippen LogP contribution in [-0.2, 0) is 11.3 Å². The lowest BCUT2D eigenvalue weighted by atomic mass is 10.00. The zero-order valence-corrected chi connectivity index (χ0v) is 13.2. The van der Waals surface area contributed by atoms with Crippen LogP contribution in [0.3, 0.4) is 0 Å². The van der Waals surface area contributed by atoms with E-state index >= 15 is 0 Å². The van der Waals surface area contributed by atoms with Crippen molar-refractivity contribution >= 4 is 6.08 Å². The predicted octanol–water partition coefficient (Wildman–Crippen LogP) is 0.886. The highest BCUT2D eigenvalue weighted by molar-refractivity contribution is 5.43. The van der Waals surface area contributed by atoms with Gasteiger partial charge in [0, 0.05) is 31.4 Å². The molecule has 2 aliphatic rings. The SMILES string of the molecule is COc1c(C)cc(CN2CCOCC2)c2c1=NC[C@@H](C)C=2. The minimum absolute atomic E-state index is 0.494. The van der Waals surface area contributed by atoms with Crippen LogP contribution in [0, 0.1) is 12.8 Å². The number of morpholine rings is 1. The molecule has 4 heteroatoms. The zero-order chi connectivity index (χ0) is 14.8. The van der Waals surface area contributed by atoms with Gasteiger partial charge in [0.05, 0.1) is 20.3 Å². The summed E-state index contributed by atoms with van der Waals surface area (Å²) in [6.07, 6.45) is 2.35. The molecule has 1 aromatic carbocycles. The van der Waals surface area contributed by atoms with Gasteiger partial charge in [0.25, 0.3) is 0 Å². The minimum Gasteiger partial charge on any atom is -0.494 e. The molecule has 0 N–H and O–H groups in total. The van der Waals surface area contributed by atoms with E-state index in [4.69, 9.17) is 14.5 Å². The zero-order valence-electron chi connectivity index (χ0n) is 13.2. The summed E-state index contributed by atoms with van der Waals surface area (Å²) in [5.41, 5.74) is 2.53. The predicted molar refractivity (Wildman–Crippen MR) is 83.1 cm³/mol. The normalized spacial score (nSPS) is 22.1. The highest BCUT2D eigenvalue weighted by Crippen LogP contribution is 2.15. The third-order valence-electron chi connectivity index (χ3n) is 4.26. The fourth-order valence-electron chi connectivity index (χ4n) is 3.17. The smallest absolute Gasteiger partial charge is 0.147 e. The Morgan fingerprint density at radius 1 is 1.38 bits per heavy atom.